The molecule has 1 heterocycles. The van der Waals surface area contributed by atoms with Gasteiger partial charge in [-0.1, -0.05) is 15.9 Å². The fourth-order valence-electron chi connectivity index (χ4n) is 2.50. The van der Waals surface area contributed by atoms with E-state index in [2.05, 4.69) is 21.2 Å². The van der Waals surface area contributed by atoms with Crippen molar-refractivity contribution in [1.29, 1.82) is 0 Å². The van der Waals surface area contributed by atoms with Crippen LogP contribution in [0, 0.1) is 0 Å². The maximum absolute atomic E-state index is 12.2. The Morgan fingerprint density at radius 3 is 2.44 bits per heavy atom. The Morgan fingerprint density at radius 2 is 1.88 bits per heavy atom. The molecule has 25 heavy (non-hydrogen) atoms. The summed E-state index contributed by atoms with van der Waals surface area (Å²) in [6.07, 6.45) is -5.47. The van der Waals surface area contributed by atoms with E-state index in [1.54, 1.807) is 24.3 Å². The van der Waals surface area contributed by atoms with Gasteiger partial charge in [-0.2, -0.15) is 0 Å². The third kappa shape index (κ3) is 4.53. The van der Waals surface area contributed by atoms with Gasteiger partial charge in [-0.25, -0.2) is 0 Å². The van der Waals surface area contributed by atoms with E-state index in [1.165, 1.54) is 11.9 Å². The number of benzene rings is 1. The number of nitrogens with one attached hydrogen (secondary N) is 1. The molecule has 5 N–H and O–H groups in total. The number of aliphatic hydroxyl groups excluding tert-OH is 4. The van der Waals surface area contributed by atoms with Gasteiger partial charge in [0.2, 0.25) is 0 Å². The highest BCUT2D eigenvalue weighted by atomic mass is 79.9. The van der Waals surface area contributed by atoms with Crippen LogP contribution in [0.25, 0.3) is 0 Å². The van der Waals surface area contributed by atoms with Gasteiger partial charge in [0, 0.05) is 17.1 Å². The Morgan fingerprint density at radius 1 is 1.28 bits per heavy atom. The van der Waals surface area contributed by atoms with Crippen molar-refractivity contribution in [2.45, 2.75) is 30.6 Å². The number of carbonyl (C=O) groups excluding carboxylic acids is 1. The number of hydrogen-bond acceptors (Lipinski definition) is 7. The van der Waals surface area contributed by atoms with Crippen molar-refractivity contribution < 1.29 is 30.0 Å². The smallest absolute Gasteiger partial charge is 0.257 e. The molecule has 0 aromatic heterocycles. The van der Waals surface area contributed by atoms with E-state index >= 15 is 0 Å². The molecule has 0 spiro atoms. The standard InChI is InChI=1S/C15H19BrN2O6S/c1-18(10-12(21)11(20)9(6-19)24-14(10)23)15(25)17-13(22)7-2-4-8(16)5-3-7/h2-5,9-12,14,19-21,23H,6H2,1H3,(H,17,22,25)/t9-,10-,11-,12-,14?/m1/s1. The van der Waals surface area contributed by atoms with Gasteiger partial charge in [0.05, 0.1) is 6.61 Å². The lowest BCUT2D eigenvalue weighted by Gasteiger charge is -2.44. The highest BCUT2D eigenvalue weighted by Gasteiger charge is 2.46. The van der Waals surface area contributed by atoms with Crippen LogP contribution in [0.5, 0.6) is 0 Å². The predicted octanol–water partition coefficient (Wildman–Crippen LogP) is -0.805. The molecule has 1 aliphatic heterocycles. The third-order valence-corrected chi connectivity index (χ3v) is 4.88. The zero-order chi connectivity index (χ0) is 18.7. The fraction of sp³-hybridized carbons (Fsp3) is 0.467. The number of thiocarbonyl (C=S) groups is 1. The molecule has 5 atom stereocenters. The number of hydrogen-bond donors (Lipinski definition) is 5. The van der Waals surface area contributed by atoms with Crippen LogP contribution in [-0.4, -0.2) is 80.6 Å². The summed E-state index contributed by atoms with van der Waals surface area (Å²) in [5, 5.41) is 41.7. The zero-order valence-electron chi connectivity index (χ0n) is 13.2. The average Bonchev–Trinajstić information content (AvgIpc) is 2.58. The lowest BCUT2D eigenvalue weighted by molar-refractivity contribution is -0.264. The number of carbonyl (C=O) groups is 1. The van der Waals surface area contributed by atoms with E-state index in [-0.39, 0.29) is 5.11 Å². The molecule has 1 amide bonds. The summed E-state index contributed by atoms with van der Waals surface area (Å²) in [5.74, 6) is -0.459. The quantitative estimate of drug-likeness (QED) is 0.391. The maximum atomic E-state index is 12.2. The Balaban J connectivity index is 2.06. The lowest BCUT2D eigenvalue weighted by atomic mass is 9.96. The first-order chi connectivity index (χ1) is 11.8. The molecule has 1 fully saturated rings. The van der Waals surface area contributed by atoms with Gasteiger partial charge in [-0.15, -0.1) is 0 Å². The van der Waals surface area contributed by atoms with Crippen molar-refractivity contribution in [3.8, 4) is 0 Å². The molecule has 1 aromatic carbocycles. The lowest BCUT2D eigenvalue weighted by Crippen LogP contribution is -2.65. The van der Waals surface area contributed by atoms with Crippen LogP contribution in [-0.2, 0) is 4.74 Å². The monoisotopic (exact) mass is 434 g/mol. The molecule has 8 nitrogen and oxygen atoms in total. The van der Waals surface area contributed by atoms with Gasteiger partial charge in [0.1, 0.15) is 24.4 Å². The molecule has 138 valence electrons. The molecule has 0 radical (unpaired) electrons. The number of amides is 1. The van der Waals surface area contributed by atoms with Crippen LogP contribution in [0.2, 0.25) is 0 Å². The summed E-state index contributed by atoms with van der Waals surface area (Å²) in [5.41, 5.74) is 0.375. The first kappa shape index (κ1) is 20.2. The van der Waals surface area contributed by atoms with Crippen LogP contribution in [0.4, 0.5) is 0 Å². The first-order valence-corrected chi connectivity index (χ1v) is 8.60. The first-order valence-electron chi connectivity index (χ1n) is 7.40. The second kappa shape index (κ2) is 8.49. The van der Waals surface area contributed by atoms with Crippen LogP contribution >= 0.6 is 28.1 Å². The molecule has 1 aliphatic rings. The highest BCUT2D eigenvalue weighted by Crippen LogP contribution is 2.23. The summed E-state index contributed by atoms with van der Waals surface area (Å²) in [6, 6.07) is 5.50. The number of ether oxygens (including phenoxy) is 1. The van der Waals surface area contributed by atoms with Crippen LogP contribution in [0.15, 0.2) is 28.7 Å². The molecule has 1 unspecified atom stereocenters. The van der Waals surface area contributed by atoms with Crippen molar-refractivity contribution in [3.05, 3.63) is 34.3 Å². The molecule has 1 saturated heterocycles. The van der Waals surface area contributed by atoms with Gasteiger partial charge in [-0.05, 0) is 36.5 Å². The van der Waals surface area contributed by atoms with E-state index in [0.29, 0.717) is 5.56 Å². The largest absolute Gasteiger partial charge is 0.394 e. The number of nitrogens with zero attached hydrogens (tertiary/aromatic N) is 1. The molecule has 1 aromatic rings. The number of likely N-dealkylation sites (N-methyl/N-ethyl adjacent to an activating group) is 1. The molecule has 0 bridgehead atoms. The number of rotatable bonds is 3. The van der Waals surface area contributed by atoms with Crippen molar-refractivity contribution in [2.75, 3.05) is 13.7 Å². The van der Waals surface area contributed by atoms with E-state index in [4.69, 9.17) is 22.1 Å². The summed E-state index contributed by atoms with van der Waals surface area (Å²) in [6.45, 7) is -0.559. The second-order valence-electron chi connectivity index (χ2n) is 5.60. The molecule has 0 aliphatic carbocycles. The van der Waals surface area contributed by atoms with Crippen molar-refractivity contribution in [1.82, 2.24) is 10.2 Å². The summed E-state index contributed by atoms with van der Waals surface area (Å²) < 4.78 is 5.90. The molecular weight excluding hydrogens is 416 g/mol. The van der Waals surface area contributed by atoms with Gasteiger partial charge >= 0.3 is 0 Å². The molecule has 0 saturated carbocycles. The maximum Gasteiger partial charge on any atom is 0.257 e. The molecular formula is C15H19BrN2O6S. The van der Waals surface area contributed by atoms with E-state index < -0.39 is 43.2 Å². The normalized spacial score (nSPS) is 29.1. The van der Waals surface area contributed by atoms with Gasteiger partial charge < -0.3 is 30.1 Å². The minimum atomic E-state index is -1.51. The van der Waals surface area contributed by atoms with E-state index in [0.717, 1.165) is 4.47 Å². The van der Waals surface area contributed by atoms with Gasteiger partial charge in [0.25, 0.3) is 5.91 Å². The van der Waals surface area contributed by atoms with Gasteiger partial charge in [-0.3, -0.25) is 10.1 Å². The third-order valence-electron chi connectivity index (χ3n) is 3.96. The second-order valence-corrected chi connectivity index (χ2v) is 6.90. The predicted molar refractivity (Wildman–Crippen MR) is 95.7 cm³/mol. The van der Waals surface area contributed by atoms with Crippen LogP contribution in [0.3, 0.4) is 0 Å². The summed E-state index contributed by atoms with van der Waals surface area (Å²) in [4.78, 5) is 13.4. The molecule has 2 rings (SSSR count). The van der Waals surface area contributed by atoms with Gasteiger partial charge in [0.15, 0.2) is 11.4 Å². The Labute approximate surface area is 158 Å². The van der Waals surface area contributed by atoms with Crippen molar-refractivity contribution in [3.63, 3.8) is 0 Å². The molecule has 10 heteroatoms. The minimum Gasteiger partial charge on any atom is -0.394 e. The Kier molecular flexibility index (Phi) is 6.86. The average molecular weight is 435 g/mol. The van der Waals surface area contributed by atoms with Crippen LogP contribution in [0.1, 0.15) is 10.4 Å². The Hall–Kier alpha value is -1.14. The Bertz CT molecular complexity index is 631. The van der Waals surface area contributed by atoms with E-state index in [1.807, 2.05) is 0 Å². The zero-order valence-corrected chi connectivity index (χ0v) is 15.6. The van der Waals surface area contributed by atoms with E-state index in [9.17, 15) is 20.1 Å². The summed E-state index contributed by atoms with van der Waals surface area (Å²) >= 11 is 8.41. The fourth-order valence-corrected chi connectivity index (χ4v) is 2.97. The number of aliphatic hydroxyl groups is 4. The highest BCUT2D eigenvalue weighted by molar-refractivity contribution is 9.10. The number of halogens is 1. The summed E-state index contributed by atoms with van der Waals surface area (Å²) in [7, 11) is 1.44. The topological polar surface area (TPSA) is 122 Å². The minimum absolute atomic E-state index is 0.0609. The SMILES string of the molecule is CN(C(=S)NC(=O)c1ccc(Br)cc1)[C@H]1C(O)O[C@H](CO)[C@@H](O)[C@@H]1O. The van der Waals surface area contributed by atoms with Crippen LogP contribution < -0.4 is 5.32 Å². The van der Waals surface area contributed by atoms with Crippen molar-refractivity contribution >= 4 is 39.2 Å². The van der Waals surface area contributed by atoms with Crippen molar-refractivity contribution in [2.24, 2.45) is 0 Å².